The number of esters is 3. The van der Waals surface area contributed by atoms with Crippen molar-refractivity contribution in [2.24, 2.45) is 0 Å². The summed E-state index contributed by atoms with van der Waals surface area (Å²) in [6, 6.07) is 0. The summed E-state index contributed by atoms with van der Waals surface area (Å²) in [5.41, 5.74) is 0. The summed E-state index contributed by atoms with van der Waals surface area (Å²) < 4.78 is 16.7. The number of ether oxygens (including phenoxy) is 3. The van der Waals surface area contributed by atoms with E-state index >= 15 is 0 Å². The topological polar surface area (TPSA) is 78.9 Å². The van der Waals surface area contributed by atoms with Gasteiger partial charge in [0.25, 0.3) is 0 Å². The van der Waals surface area contributed by atoms with E-state index in [1.165, 1.54) is 96.3 Å². The molecule has 0 aliphatic carbocycles. The highest BCUT2D eigenvalue weighted by Gasteiger charge is 2.19. The van der Waals surface area contributed by atoms with E-state index in [1.54, 1.807) is 0 Å². The number of unbranched alkanes of at least 4 members (excludes halogenated alkanes) is 24. The Morgan fingerprint density at radius 3 is 1.00 bits per heavy atom. The predicted octanol–water partition coefficient (Wildman–Crippen LogP) is 15.5. The third kappa shape index (κ3) is 44.3. The first-order valence-corrected chi connectivity index (χ1v) is 24.1. The van der Waals surface area contributed by atoms with Gasteiger partial charge in [-0.1, -0.05) is 185 Å². The molecule has 6 nitrogen and oxygen atoms in total. The van der Waals surface area contributed by atoms with Gasteiger partial charge in [-0.2, -0.15) is 0 Å². The normalized spacial score (nSPS) is 12.4. The van der Waals surface area contributed by atoms with E-state index in [0.29, 0.717) is 19.3 Å². The van der Waals surface area contributed by atoms with Gasteiger partial charge in [0.1, 0.15) is 13.2 Å². The van der Waals surface area contributed by atoms with Crippen molar-refractivity contribution in [3.63, 3.8) is 0 Å². The van der Waals surface area contributed by atoms with Gasteiger partial charge in [-0.3, -0.25) is 14.4 Å². The molecule has 0 aromatic carbocycles. The molecular weight excluding hydrogens is 709 g/mol. The molecule has 0 aromatic rings. The van der Waals surface area contributed by atoms with Gasteiger partial charge >= 0.3 is 17.9 Å². The molecule has 6 heteroatoms. The van der Waals surface area contributed by atoms with Crippen LogP contribution in [-0.4, -0.2) is 37.2 Å². The fourth-order valence-electron chi connectivity index (χ4n) is 6.62. The van der Waals surface area contributed by atoms with Gasteiger partial charge in [-0.15, -0.1) is 0 Å². The summed E-state index contributed by atoms with van der Waals surface area (Å²) in [5.74, 6) is -0.911. The number of rotatable bonds is 43. The van der Waals surface area contributed by atoms with E-state index in [4.69, 9.17) is 14.2 Å². The van der Waals surface area contributed by atoms with Crippen LogP contribution < -0.4 is 0 Å². The van der Waals surface area contributed by atoms with Crippen LogP contribution in [0.25, 0.3) is 0 Å². The third-order valence-corrected chi connectivity index (χ3v) is 10.3. The summed E-state index contributed by atoms with van der Waals surface area (Å²) in [5, 5.41) is 0. The van der Waals surface area contributed by atoms with Gasteiger partial charge in [0, 0.05) is 19.3 Å². The zero-order chi connectivity index (χ0) is 41.5. The van der Waals surface area contributed by atoms with E-state index in [9.17, 15) is 14.4 Å². The van der Waals surface area contributed by atoms with Crippen molar-refractivity contribution in [3.05, 3.63) is 48.6 Å². The van der Waals surface area contributed by atoms with Crippen molar-refractivity contribution in [3.8, 4) is 0 Å². The summed E-state index contributed by atoms with van der Waals surface area (Å²) in [6.45, 7) is 6.54. The first kappa shape index (κ1) is 54.4. The van der Waals surface area contributed by atoms with Crippen molar-refractivity contribution < 1.29 is 28.6 Å². The SMILES string of the molecule is CCCCC/C=C\C/C=C\CCCCCCCC(=O)OCC(COC(=O)CCCCCCCCCCC)OC(=O)CCCCCCC/C=C\C/C=C\CCCCC. The second kappa shape index (κ2) is 46.1. The maximum absolute atomic E-state index is 12.7. The van der Waals surface area contributed by atoms with Gasteiger partial charge in [0.15, 0.2) is 6.10 Å². The Kier molecular flexibility index (Phi) is 43.9. The highest BCUT2D eigenvalue weighted by atomic mass is 16.6. The average Bonchev–Trinajstić information content (AvgIpc) is 3.21. The Bertz CT molecular complexity index is 1010. The van der Waals surface area contributed by atoms with Crippen LogP contribution in [0.5, 0.6) is 0 Å². The molecule has 0 radical (unpaired) electrons. The molecule has 0 bridgehead atoms. The molecule has 0 aliphatic rings. The lowest BCUT2D eigenvalue weighted by Gasteiger charge is -2.18. The van der Waals surface area contributed by atoms with Crippen LogP contribution in [0.4, 0.5) is 0 Å². The molecule has 0 heterocycles. The first-order chi connectivity index (χ1) is 28.0. The zero-order valence-corrected chi connectivity index (χ0v) is 37.6. The maximum Gasteiger partial charge on any atom is 0.306 e. The summed E-state index contributed by atoms with van der Waals surface area (Å²) >= 11 is 0. The van der Waals surface area contributed by atoms with E-state index in [-0.39, 0.29) is 31.1 Å². The molecule has 0 fully saturated rings. The number of hydrogen-bond acceptors (Lipinski definition) is 6. The molecule has 0 amide bonds. The Hall–Kier alpha value is -2.63. The van der Waals surface area contributed by atoms with Crippen molar-refractivity contribution in [1.29, 1.82) is 0 Å². The number of carbonyl (C=O) groups is 3. The molecule has 330 valence electrons. The molecule has 1 atom stereocenters. The van der Waals surface area contributed by atoms with Gasteiger partial charge < -0.3 is 14.2 Å². The van der Waals surface area contributed by atoms with Gasteiger partial charge in [0.05, 0.1) is 0 Å². The molecule has 1 unspecified atom stereocenters. The highest BCUT2D eigenvalue weighted by molar-refractivity contribution is 5.71. The quantitative estimate of drug-likeness (QED) is 0.0265. The third-order valence-electron chi connectivity index (χ3n) is 10.3. The standard InChI is InChI=1S/C51H90O6/c1-4-7-10-13-16-19-21-23-25-27-29-32-35-38-41-44-50(53)56-47-48(46-55-49(52)43-40-37-34-31-18-15-12-9-6-3)57-51(54)45-42-39-36-33-30-28-26-24-22-20-17-14-11-8-5-2/h16-17,19-20,23-26,48H,4-15,18,21-22,27-47H2,1-3H3/b19-16-,20-17-,25-23-,26-24-. The molecule has 0 spiro atoms. The lowest BCUT2D eigenvalue weighted by molar-refractivity contribution is -0.167. The van der Waals surface area contributed by atoms with Crippen LogP contribution in [-0.2, 0) is 28.6 Å². The lowest BCUT2D eigenvalue weighted by Crippen LogP contribution is -2.30. The minimum atomic E-state index is -0.781. The second-order valence-corrected chi connectivity index (χ2v) is 16.0. The van der Waals surface area contributed by atoms with Crippen LogP contribution in [0, 0.1) is 0 Å². The van der Waals surface area contributed by atoms with Crippen LogP contribution in [0.3, 0.4) is 0 Å². The van der Waals surface area contributed by atoms with Gasteiger partial charge in [0.2, 0.25) is 0 Å². The van der Waals surface area contributed by atoms with Crippen molar-refractivity contribution >= 4 is 17.9 Å². The molecule has 0 aromatic heterocycles. The number of hydrogen-bond donors (Lipinski definition) is 0. The largest absolute Gasteiger partial charge is 0.462 e. The van der Waals surface area contributed by atoms with E-state index in [0.717, 1.165) is 103 Å². The molecule has 0 rings (SSSR count). The Labute approximate surface area is 352 Å². The molecule has 0 aliphatic heterocycles. The Morgan fingerprint density at radius 2 is 0.632 bits per heavy atom. The van der Waals surface area contributed by atoms with E-state index in [2.05, 4.69) is 69.4 Å². The monoisotopic (exact) mass is 799 g/mol. The zero-order valence-electron chi connectivity index (χ0n) is 37.6. The molecule has 57 heavy (non-hydrogen) atoms. The summed E-state index contributed by atoms with van der Waals surface area (Å²) in [4.78, 5) is 37.8. The predicted molar refractivity (Wildman–Crippen MR) is 242 cm³/mol. The van der Waals surface area contributed by atoms with Crippen LogP contribution in [0.15, 0.2) is 48.6 Å². The summed E-state index contributed by atoms with van der Waals surface area (Å²) in [6.07, 6.45) is 53.7. The van der Waals surface area contributed by atoms with E-state index < -0.39 is 6.10 Å². The van der Waals surface area contributed by atoms with Crippen molar-refractivity contribution in [2.75, 3.05) is 13.2 Å². The maximum atomic E-state index is 12.7. The number of carbonyl (C=O) groups excluding carboxylic acids is 3. The fraction of sp³-hybridized carbons (Fsp3) is 0.784. The van der Waals surface area contributed by atoms with Crippen LogP contribution >= 0.6 is 0 Å². The second-order valence-electron chi connectivity index (χ2n) is 16.0. The molecule has 0 saturated heterocycles. The Morgan fingerprint density at radius 1 is 0.351 bits per heavy atom. The van der Waals surface area contributed by atoms with Crippen LogP contribution in [0.1, 0.15) is 239 Å². The lowest BCUT2D eigenvalue weighted by atomic mass is 10.1. The summed E-state index contributed by atoms with van der Waals surface area (Å²) in [7, 11) is 0. The van der Waals surface area contributed by atoms with Gasteiger partial charge in [-0.05, 0) is 83.5 Å². The smallest absolute Gasteiger partial charge is 0.306 e. The van der Waals surface area contributed by atoms with Gasteiger partial charge in [-0.25, -0.2) is 0 Å². The average molecular weight is 799 g/mol. The van der Waals surface area contributed by atoms with Crippen molar-refractivity contribution in [2.45, 2.75) is 245 Å². The Balaban J connectivity index is 4.39. The molecular formula is C51H90O6. The number of allylic oxidation sites excluding steroid dienone is 8. The molecule has 0 N–H and O–H groups in total. The minimum absolute atomic E-state index is 0.0822. The van der Waals surface area contributed by atoms with Crippen LogP contribution in [0.2, 0.25) is 0 Å². The minimum Gasteiger partial charge on any atom is -0.462 e. The molecule has 0 saturated carbocycles. The fourth-order valence-corrected chi connectivity index (χ4v) is 6.62. The van der Waals surface area contributed by atoms with E-state index in [1.807, 2.05) is 0 Å². The highest BCUT2D eigenvalue weighted by Crippen LogP contribution is 2.14. The first-order valence-electron chi connectivity index (χ1n) is 24.1. The van der Waals surface area contributed by atoms with Crippen molar-refractivity contribution in [1.82, 2.24) is 0 Å².